The van der Waals surface area contributed by atoms with Crippen molar-refractivity contribution in [3.8, 4) is 0 Å². The Morgan fingerprint density at radius 1 is 1.46 bits per heavy atom. The lowest BCUT2D eigenvalue weighted by atomic mass is 9.86. The maximum Gasteiger partial charge on any atom is 0.165 e. The lowest BCUT2D eigenvalue weighted by molar-refractivity contribution is -0.116. The first kappa shape index (κ1) is 9.97. The number of rotatable bonds is 4. The topological polar surface area (TPSA) is 17.1 Å². The molecule has 0 aromatic rings. The van der Waals surface area contributed by atoms with Crippen LogP contribution in [0, 0.1) is 5.92 Å². The van der Waals surface area contributed by atoms with E-state index < -0.39 is 0 Å². The van der Waals surface area contributed by atoms with E-state index in [1.807, 2.05) is 0 Å². The van der Waals surface area contributed by atoms with Crippen molar-refractivity contribution in [1.82, 2.24) is 0 Å². The monoisotopic (exact) mass is 176 g/mol. The molecule has 0 heterocycles. The molecule has 1 unspecified atom stereocenters. The Bertz CT molecular complexity index is 248. The molecule has 70 valence electrons. The van der Waals surface area contributed by atoms with Crippen LogP contribution in [0.1, 0.15) is 25.7 Å². The van der Waals surface area contributed by atoms with Crippen molar-refractivity contribution in [2.24, 2.45) is 5.92 Å². The molecule has 0 N–H and O–H groups in total. The third-order valence-electron chi connectivity index (χ3n) is 2.47. The molecule has 1 aliphatic rings. The molecule has 13 heavy (non-hydrogen) atoms. The molecular weight excluding hydrogens is 160 g/mol. The second kappa shape index (κ2) is 4.80. The van der Waals surface area contributed by atoms with E-state index in [9.17, 15) is 4.79 Å². The highest BCUT2D eigenvalue weighted by molar-refractivity contribution is 5.94. The summed E-state index contributed by atoms with van der Waals surface area (Å²) in [6.45, 7) is 7.20. The van der Waals surface area contributed by atoms with Crippen LogP contribution in [0.5, 0.6) is 0 Å². The third kappa shape index (κ3) is 2.41. The average Bonchev–Trinajstić information content (AvgIpc) is 2.20. The van der Waals surface area contributed by atoms with E-state index in [4.69, 9.17) is 0 Å². The van der Waals surface area contributed by atoms with Gasteiger partial charge >= 0.3 is 0 Å². The van der Waals surface area contributed by atoms with Crippen molar-refractivity contribution in [1.29, 1.82) is 0 Å². The maximum atomic E-state index is 11.4. The van der Waals surface area contributed by atoms with Gasteiger partial charge in [0.15, 0.2) is 5.78 Å². The van der Waals surface area contributed by atoms with Gasteiger partial charge in [-0.25, -0.2) is 0 Å². The van der Waals surface area contributed by atoms with Crippen molar-refractivity contribution in [2.75, 3.05) is 0 Å². The van der Waals surface area contributed by atoms with Gasteiger partial charge in [0, 0.05) is 0 Å². The minimum Gasteiger partial charge on any atom is -0.294 e. The molecule has 1 rings (SSSR count). The molecule has 0 radical (unpaired) electrons. The number of carbonyl (C=O) groups is 1. The summed E-state index contributed by atoms with van der Waals surface area (Å²) in [5.74, 6) is -0.0408. The summed E-state index contributed by atoms with van der Waals surface area (Å²) < 4.78 is 0. The second-order valence-electron chi connectivity index (χ2n) is 3.34. The maximum absolute atomic E-state index is 11.4. The Morgan fingerprint density at radius 2 is 2.23 bits per heavy atom. The van der Waals surface area contributed by atoms with Crippen LogP contribution >= 0.6 is 0 Å². The van der Waals surface area contributed by atoms with E-state index in [0.29, 0.717) is 0 Å². The fourth-order valence-electron chi connectivity index (χ4n) is 1.72. The first-order valence-corrected chi connectivity index (χ1v) is 4.77. The SMILES string of the molecule is C=CC(=O)C(C=C)C1=CCCCC1. The summed E-state index contributed by atoms with van der Waals surface area (Å²) in [4.78, 5) is 11.4. The highest BCUT2D eigenvalue weighted by Crippen LogP contribution is 2.25. The Hall–Kier alpha value is -1.11. The Balaban J connectivity index is 2.75. The standard InChI is InChI=1S/C12H16O/c1-3-11(12(13)4-2)10-8-6-5-7-9-10/h3-4,8,11H,1-2,5-7,9H2. The smallest absolute Gasteiger partial charge is 0.165 e. The molecule has 0 amide bonds. The van der Waals surface area contributed by atoms with Gasteiger partial charge in [-0.05, 0) is 31.8 Å². The normalized spacial score (nSPS) is 18.6. The van der Waals surface area contributed by atoms with E-state index in [1.165, 1.54) is 24.5 Å². The zero-order chi connectivity index (χ0) is 9.68. The van der Waals surface area contributed by atoms with Crippen LogP contribution in [0.4, 0.5) is 0 Å². The minimum absolute atomic E-state index is 0.0724. The Labute approximate surface area is 79.8 Å². The summed E-state index contributed by atoms with van der Waals surface area (Å²) >= 11 is 0. The number of hydrogen-bond acceptors (Lipinski definition) is 1. The van der Waals surface area contributed by atoms with Gasteiger partial charge in [0.1, 0.15) is 0 Å². The molecule has 0 aromatic carbocycles. The largest absolute Gasteiger partial charge is 0.294 e. The molecule has 0 aromatic heterocycles. The third-order valence-corrected chi connectivity index (χ3v) is 2.47. The van der Waals surface area contributed by atoms with E-state index in [1.54, 1.807) is 6.08 Å². The second-order valence-corrected chi connectivity index (χ2v) is 3.34. The predicted molar refractivity (Wildman–Crippen MR) is 55.4 cm³/mol. The van der Waals surface area contributed by atoms with E-state index in [0.717, 1.165) is 12.8 Å². The quantitative estimate of drug-likeness (QED) is 0.475. The summed E-state index contributed by atoms with van der Waals surface area (Å²) in [6.07, 6.45) is 9.87. The van der Waals surface area contributed by atoms with Gasteiger partial charge in [-0.15, -0.1) is 6.58 Å². The Morgan fingerprint density at radius 3 is 2.69 bits per heavy atom. The summed E-state index contributed by atoms with van der Waals surface area (Å²) in [7, 11) is 0. The first-order valence-electron chi connectivity index (χ1n) is 4.77. The van der Waals surface area contributed by atoms with Gasteiger partial charge in [-0.2, -0.15) is 0 Å². The summed E-state index contributed by atoms with van der Waals surface area (Å²) in [5.41, 5.74) is 1.23. The molecule has 1 nitrogen and oxygen atoms in total. The van der Waals surface area contributed by atoms with Crippen LogP contribution in [0.3, 0.4) is 0 Å². The van der Waals surface area contributed by atoms with Gasteiger partial charge in [-0.3, -0.25) is 4.79 Å². The van der Waals surface area contributed by atoms with Gasteiger partial charge in [-0.1, -0.05) is 24.3 Å². The van der Waals surface area contributed by atoms with Crippen molar-refractivity contribution in [2.45, 2.75) is 25.7 Å². The lowest BCUT2D eigenvalue weighted by Crippen LogP contribution is -2.13. The molecule has 0 bridgehead atoms. The molecule has 0 fully saturated rings. The molecule has 0 saturated heterocycles. The predicted octanol–water partition coefficient (Wildman–Crippen LogP) is 3.04. The lowest BCUT2D eigenvalue weighted by Gasteiger charge is -2.17. The van der Waals surface area contributed by atoms with Crippen LogP contribution in [0.25, 0.3) is 0 Å². The first-order chi connectivity index (χ1) is 6.29. The fraction of sp³-hybridized carbons (Fsp3) is 0.417. The zero-order valence-corrected chi connectivity index (χ0v) is 7.96. The molecular formula is C12H16O. The van der Waals surface area contributed by atoms with Crippen molar-refractivity contribution in [3.05, 3.63) is 37.0 Å². The van der Waals surface area contributed by atoms with Gasteiger partial charge in [0.25, 0.3) is 0 Å². The fourth-order valence-corrected chi connectivity index (χ4v) is 1.72. The van der Waals surface area contributed by atoms with Gasteiger partial charge < -0.3 is 0 Å². The van der Waals surface area contributed by atoms with Gasteiger partial charge in [0.05, 0.1) is 5.92 Å². The van der Waals surface area contributed by atoms with Crippen molar-refractivity contribution >= 4 is 5.78 Å². The zero-order valence-electron chi connectivity index (χ0n) is 7.96. The number of hydrogen-bond donors (Lipinski definition) is 0. The van der Waals surface area contributed by atoms with Crippen molar-refractivity contribution < 1.29 is 4.79 Å². The molecule has 0 saturated carbocycles. The highest BCUT2D eigenvalue weighted by atomic mass is 16.1. The molecule has 1 aliphatic carbocycles. The number of allylic oxidation sites excluding steroid dienone is 4. The van der Waals surface area contributed by atoms with Crippen molar-refractivity contribution in [3.63, 3.8) is 0 Å². The molecule has 1 heteroatoms. The van der Waals surface area contributed by atoms with Crippen LogP contribution < -0.4 is 0 Å². The van der Waals surface area contributed by atoms with E-state index in [2.05, 4.69) is 19.2 Å². The minimum atomic E-state index is -0.113. The van der Waals surface area contributed by atoms with Gasteiger partial charge in [0.2, 0.25) is 0 Å². The van der Waals surface area contributed by atoms with E-state index in [-0.39, 0.29) is 11.7 Å². The number of carbonyl (C=O) groups excluding carboxylic acids is 1. The summed E-state index contributed by atoms with van der Waals surface area (Å²) in [5, 5.41) is 0. The molecule has 0 aliphatic heterocycles. The highest BCUT2D eigenvalue weighted by Gasteiger charge is 2.17. The van der Waals surface area contributed by atoms with Crippen LogP contribution in [-0.2, 0) is 4.79 Å². The molecule has 1 atom stereocenters. The van der Waals surface area contributed by atoms with Crippen LogP contribution in [0.15, 0.2) is 37.0 Å². The molecule has 0 spiro atoms. The van der Waals surface area contributed by atoms with E-state index >= 15 is 0 Å². The number of ketones is 1. The van der Waals surface area contributed by atoms with Crippen LogP contribution in [-0.4, -0.2) is 5.78 Å². The average molecular weight is 176 g/mol. The Kier molecular flexibility index (Phi) is 3.69. The van der Waals surface area contributed by atoms with Crippen LogP contribution in [0.2, 0.25) is 0 Å². The summed E-state index contributed by atoms with van der Waals surface area (Å²) in [6, 6.07) is 0.